The minimum atomic E-state index is -4.90. The Bertz CT molecular complexity index is 1250. The molecule has 0 saturated heterocycles. The van der Waals surface area contributed by atoms with Crippen LogP contribution in [0.15, 0.2) is 0 Å². The molecule has 0 aliphatic rings. The Morgan fingerprint density at radius 3 is 0.968 bits per heavy atom. The number of aliphatic hydroxyl groups is 1. The van der Waals surface area contributed by atoms with Gasteiger partial charge in [-0.05, 0) is 25.7 Å². The highest BCUT2D eigenvalue weighted by atomic mass is 31.2. The number of carbonyl (C=O) groups is 4. The van der Waals surface area contributed by atoms with Crippen LogP contribution in [0.4, 0.5) is 0 Å². The number of unbranched alkanes of at least 4 members (excludes halogenated alkanes) is 18. The maximum atomic E-state index is 12.7. The van der Waals surface area contributed by atoms with Gasteiger partial charge in [-0.15, -0.1) is 0 Å². The third kappa shape index (κ3) is 38.5. The topological polar surface area (TPSA) is 237 Å². The molecule has 0 fully saturated rings. The van der Waals surface area contributed by atoms with Gasteiger partial charge in [0.2, 0.25) is 0 Å². The summed E-state index contributed by atoms with van der Waals surface area (Å²) < 4.78 is 66.3. The number of carbonyl (C=O) groups excluding carboxylic acids is 4. The molecule has 0 spiro atoms. The Hall–Kier alpha value is -1.94. The third-order valence-corrected chi connectivity index (χ3v) is 11.5. The van der Waals surface area contributed by atoms with E-state index in [9.17, 15) is 43.2 Å². The van der Waals surface area contributed by atoms with Crippen LogP contribution in [0.25, 0.3) is 0 Å². The minimum absolute atomic E-state index is 0.0951. The van der Waals surface area contributed by atoms with Crippen molar-refractivity contribution >= 4 is 39.5 Å². The number of hydrogen-bond donors (Lipinski definition) is 3. The van der Waals surface area contributed by atoms with Gasteiger partial charge in [-0.1, -0.05) is 143 Å². The zero-order chi connectivity index (χ0) is 46.3. The molecule has 0 aromatic carbocycles. The molecule has 5 atom stereocenters. The van der Waals surface area contributed by atoms with Crippen molar-refractivity contribution in [3.8, 4) is 0 Å². The summed E-state index contributed by atoms with van der Waals surface area (Å²) in [6.07, 6.45) is 17.2. The molecule has 0 aliphatic heterocycles. The lowest BCUT2D eigenvalue weighted by molar-refractivity contribution is -0.161. The summed E-state index contributed by atoms with van der Waals surface area (Å²) in [5.74, 6) is -2.21. The second-order valence-electron chi connectivity index (χ2n) is 15.7. The molecule has 0 radical (unpaired) electrons. The summed E-state index contributed by atoms with van der Waals surface area (Å²) in [6.45, 7) is 4.37. The van der Waals surface area contributed by atoms with E-state index in [4.69, 9.17) is 37.0 Å². The van der Waals surface area contributed by atoms with E-state index in [-0.39, 0.29) is 25.7 Å². The van der Waals surface area contributed by atoms with Gasteiger partial charge in [0.05, 0.1) is 26.4 Å². The summed E-state index contributed by atoms with van der Waals surface area (Å²) >= 11 is 0. The average Bonchev–Trinajstić information content (AvgIpc) is 3.23. The fourth-order valence-electron chi connectivity index (χ4n) is 5.92. The first kappa shape index (κ1) is 60.1. The van der Waals surface area contributed by atoms with Crippen molar-refractivity contribution in [1.29, 1.82) is 0 Å². The Kier molecular flexibility index (Phi) is 38.2. The third-order valence-electron chi connectivity index (χ3n) is 9.60. The first-order valence-corrected chi connectivity index (χ1v) is 26.3. The molecule has 62 heavy (non-hydrogen) atoms. The van der Waals surface area contributed by atoms with Gasteiger partial charge in [-0.3, -0.25) is 37.3 Å². The molecule has 17 nitrogen and oxygen atoms in total. The van der Waals surface area contributed by atoms with Crippen LogP contribution >= 0.6 is 15.6 Å². The number of aliphatic hydroxyl groups excluding tert-OH is 1. The zero-order valence-electron chi connectivity index (χ0n) is 38.3. The number of esters is 4. The Labute approximate surface area is 371 Å². The second-order valence-corrected chi connectivity index (χ2v) is 18.6. The molecule has 3 N–H and O–H groups in total. The van der Waals surface area contributed by atoms with Crippen LogP contribution in [0.2, 0.25) is 0 Å². The lowest BCUT2D eigenvalue weighted by Gasteiger charge is -2.21. The fraction of sp³-hybridized carbons (Fsp3) is 0.907. The maximum absolute atomic E-state index is 12.7. The number of phosphoric ester groups is 2. The highest BCUT2D eigenvalue weighted by Crippen LogP contribution is 2.45. The quantitative estimate of drug-likeness (QED) is 0.0223. The van der Waals surface area contributed by atoms with E-state index in [1.54, 1.807) is 0 Å². The molecule has 19 heteroatoms. The van der Waals surface area contributed by atoms with Gasteiger partial charge >= 0.3 is 39.5 Å². The van der Waals surface area contributed by atoms with Gasteiger partial charge in [-0.2, -0.15) is 0 Å². The van der Waals surface area contributed by atoms with E-state index in [0.717, 1.165) is 96.3 Å². The van der Waals surface area contributed by atoms with E-state index in [0.29, 0.717) is 25.7 Å². The lowest BCUT2D eigenvalue weighted by Crippen LogP contribution is -2.30. The predicted molar refractivity (Wildman–Crippen MR) is 234 cm³/mol. The standard InChI is InChI=1S/C43H82O17P2/c1-5-9-13-17-19-20-22-26-28-41(46)54-34-39(60-43(48)30-24-16-12-8-4)36-58-62(51,52)56-32-37(44)31-55-61(49,50)57-35-38(59-42(47)29-23-15-11-7-3)33-53-40(45)27-25-21-18-14-10-6-2/h37-39,44H,5-36H2,1-4H3,(H,49,50)(H,51,52)/t37-,38-,39-/m1/s1. The highest BCUT2D eigenvalue weighted by Gasteiger charge is 2.30. The molecule has 0 amide bonds. The van der Waals surface area contributed by atoms with Gasteiger partial charge in [0.1, 0.15) is 19.3 Å². The molecule has 0 heterocycles. The Balaban J connectivity index is 5.06. The van der Waals surface area contributed by atoms with Crippen LogP contribution in [-0.2, 0) is 65.4 Å². The maximum Gasteiger partial charge on any atom is 0.472 e. The smallest absolute Gasteiger partial charge is 0.462 e. The van der Waals surface area contributed by atoms with Gasteiger partial charge in [0.15, 0.2) is 12.2 Å². The molecule has 366 valence electrons. The van der Waals surface area contributed by atoms with Crippen LogP contribution in [0.1, 0.15) is 195 Å². The van der Waals surface area contributed by atoms with Crippen molar-refractivity contribution in [2.24, 2.45) is 0 Å². The van der Waals surface area contributed by atoms with Crippen LogP contribution in [-0.4, -0.2) is 96.7 Å². The molecule has 0 saturated carbocycles. The number of rotatable bonds is 44. The number of ether oxygens (including phenoxy) is 4. The van der Waals surface area contributed by atoms with Crippen molar-refractivity contribution in [1.82, 2.24) is 0 Å². The molecule has 2 unspecified atom stereocenters. The molecular weight excluding hydrogens is 850 g/mol. The van der Waals surface area contributed by atoms with Crippen molar-refractivity contribution in [3.63, 3.8) is 0 Å². The summed E-state index contributed by atoms with van der Waals surface area (Å²) in [6, 6.07) is 0. The van der Waals surface area contributed by atoms with Crippen molar-refractivity contribution < 1.29 is 80.2 Å². The normalized spacial score (nSPS) is 14.9. The largest absolute Gasteiger partial charge is 0.472 e. The molecule has 0 bridgehead atoms. The molecule has 0 rings (SSSR count). The Morgan fingerprint density at radius 2 is 0.645 bits per heavy atom. The van der Waals surface area contributed by atoms with Gasteiger partial charge < -0.3 is 33.8 Å². The first-order chi connectivity index (χ1) is 29.7. The van der Waals surface area contributed by atoms with Crippen LogP contribution in [0.3, 0.4) is 0 Å². The molecule has 0 aliphatic carbocycles. The van der Waals surface area contributed by atoms with Crippen molar-refractivity contribution in [2.75, 3.05) is 39.6 Å². The first-order valence-electron chi connectivity index (χ1n) is 23.3. The lowest BCUT2D eigenvalue weighted by atomic mass is 10.1. The zero-order valence-corrected chi connectivity index (χ0v) is 40.1. The summed E-state index contributed by atoms with van der Waals surface area (Å²) in [7, 11) is -9.80. The summed E-state index contributed by atoms with van der Waals surface area (Å²) in [4.78, 5) is 70.2. The monoisotopic (exact) mass is 933 g/mol. The van der Waals surface area contributed by atoms with Crippen molar-refractivity contribution in [3.05, 3.63) is 0 Å². The highest BCUT2D eigenvalue weighted by molar-refractivity contribution is 7.47. The van der Waals surface area contributed by atoms with E-state index in [1.807, 2.05) is 13.8 Å². The predicted octanol–water partition coefficient (Wildman–Crippen LogP) is 9.75. The minimum Gasteiger partial charge on any atom is -0.462 e. The SMILES string of the molecule is CCCCCCCCCCC(=O)OC[C@H](COP(=O)(O)OC[C@H](O)COP(=O)(O)OC[C@@H](COC(=O)CCCCCCCC)OC(=O)CCCCCC)OC(=O)CCCCCC. The van der Waals surface area contributed by atoms with Crippen LogP contribution in [0, 0.1) is 0 Å². The van der Waals surface area contributed by atoms with Crippen molar-refractivity contribution in [2.45, 2.75) is 213 Å². The molecule has 0 aromatic heterocycles. The number of phosphoric acid groups is 2. The van der Waals surface area contributed by atoms with Crippen LogP contribution < -0.4 is 0 Å². The van der Waals surface area contributed by atoms with Gasteiger partial charge in [0.25, 0.3) is 0 Å². The van der Waals surface area contributed by atoms with Gasteiger partial charge in [-0.25, -0.2) is 9.13 Å². The van der Waals surface area contributed by atoms with E-state index in [1.165, 1.54) is 19.3 Å². The van der Waals surface area contributed by atoms with Crippen LogP contribution in [0.5, 0.6) is 0 Å². The molecular formula is C43H82O17P2. The number of hydrogen-bond acceptors (Lipinski definition) is 15. The fourth-order valence-corrected chi connectivity index (χ4v) is 7.50. The second kappa shape index (κ2) is 39.4. The average molecular weight is 933 g/mol. The van der Waals surface area contributed by atoms with E-state index < -0.39 is 97.5 Å². The van der Waals surface area contributed by atoms with Gasteiger partial charge in [0, 0.05) is 25.7 Å². The van der Waals surface area contributed by atoms with E-state index >= 15 is 0 Å². The summed E-state index contributed by atoms with van der Waals surface area (Å²) in [5.41, 5.74) is 0. The van der Waals surface area contributed by atoms with E-state index in [2.05, 4.69) is 13.8 Å². The Morgan fingerprint density at radius 1 is 0.387 bits per heavy atom. The molecule has 0 aromatic rings. The summed E-state index contributed by atoms with van der Waals surface area (Å²) in [5, 5.41) is 10.3.